The van der Waals surface area contributed by atoms with Gasteiger partial charge in [-0.2, -0.15) is 4.98 Å². The number of para-hydroxylation sites is 1. The lowest BCUT2D eigenvalue weighted by atomic mass is 10.1. The maximum atomic E-state index is 6.03. The number of nitrogens with zero attached hydrogens (tertiary/aromatic N) is 2. The minimum atomic E-state index is -0.0674. The number of hydrogen-bond acceptors (Lipinski definition) is 6. The highest BCUT2D eigenvalue weighted by molar-refractivity contribution is 5.33. The summed E-state index contributed by atoms with van der Waals surface area (Å²) < 4.78 is 17.2. The molecule has 1 aromatic heterocycles. The van der Waals surface area contributed by atoms with Gasteiger partial charge in [0.2, 0.25) is 0 Å². The van der Waals surface area contributed by atoms with Crippen LogP contribution in [0, 0.1) is 12.8 Å². The van der Waals surface area contributed by atoms with Crippen LogP contribution in [-0.4, -0.2) is 29.4 Å². The number of benzene rings is 1. The number of ether oxygens (including phenoxy) is 2. The smallest absolute Gasteiger partial charge is 0.255 e. The molecule has 2 aromatic rings. The summed E-state index contributed by atoms with van der Waals surface area (Å²) in [5, 5.41) is 7.33. The van der Waals surface area contributed by atoms with Crippen LogP contribution < -0.4 is 10.1 Å². The number of nitrogens with one attached hydrogen (secondary N) is 1. The summed E-state index contributed by atoms with van der Waals surface area (Å²) in [6, 6.07) is 8.26. The van der Waals surface area contributed by atoms with Crippen LogP contribution in [0.2, 0.25) is 0 Å². The molecule has 0 amide bonds. The predicted octanol–water partition coefficient (Wildman–Crippen LogP) is 3.18. The van der Waals surface area contributed by atoms with Crippen LogP contribution in [0.4, 0.5) is 0 Å². The van der Waals surface area contributed by atoms with Crippen molar-refractivity contribution in [3.8, 4) is 5.75 Å². The average molecular weight is 343 g/mol. The Morgan fingerprint density at radius 3 is 2.88 bits per heavy atom. The quantitative estimate of drug-likeness (QED) is 0.794. The van der Waals surface area contributed by atoms with Crippen molar-refractivity contribution in [3.05, 3.63) is 41.5 Å². The second kappa shape index (κ2) is 7.54. The summed E-state index contributed by atoms with van der Waals surface area (Å²) in [6.45, 7) is 4.25. The zero-order valence-corrected chi connectivity index (χ0v) is 14.6. The zero-order chi connectivity index (χ0) is 17.1. The fourth-order valence-corrected chi connectivity index (χ4v) is 3.13. The highest BCUT2D eigenvalue weighted by atomic mass is 16.5. The Labute approximate surface area is 147 Å². The highest BCUT2D eigenvalue weighted by Gasteiger charge is 2.30. The molecule has 25 heavy (non-hydrogen) atoms. The van der Waals surface area contributed by atoms with E-state index < -0.39 is 0 Å². The Kier molecular flexibility index (Phi) is 4.99. The van der Waals surface area contributed by atoms with Gasteiger partial charge in [0.25, 0.3) is 5.89 Å². The Morgan fingerprint density at radius 1 is 1.20 bits per heavy atom. The lowest BCUT2D eigenvalue weighted by Gasteiger charge is -2.15. The Balaban J connectivity index is 1.24. The van der Waals surface area contributed by atoms with Gasteiger partial charge < -0.3 is 19.3 Å². The standard InChI is InChI=1S/C19H25N3O3/c1-13-21-19(25-22-13)18-9-8-16(24-18)11-20-10-15-4-2-3-5-17(15)23-12-14-6-7-14/h2-5,14,16,18,20H,6-12H2,1H3/t16-,18+/m1/s1. The van der Waals surface area contributed by atoms with Crippen LogP contribution in [0.5, 0.6) is 5.75 Å². The molecule has 0 bridgehead atoms. The van der Waals surface area contributed by atoms with E-state index >= 15 is 0 Å². The molecule has 1 aromatic carbocycles. The van der Waals surface area contributed by atoms with Crippen LogP contribution in [0.15, 0.2) is 28.8 Å². The zero-order valence-electron chi connectivity index (χ0n) is 14.6. The van der Waals surface area contributed by atoms with Gasteiger partial charge in [-0.1, -0.05) is 23.4 Å². The van der Waals surface area contributed by atoms with Gasteiger partial charge >= 0.3 is 0 Å². The van der Waals surface area contributed by atoms with Gasteiger partial charge in [-0.25, -0.2) is 0 Å². The van der Waals surface area contributed by atoms with E-state index in [9.17, 15) is 0 Å². The summed E-state index contributed by atoms with van der Waals surface area (Å²) in [5.41, 5.74) is 1.20. The Bertz CT molecular complexity index is 699. The topological polar surface area (TPSA) is 69.4 Å². The predicted molar refractivity (Wildman–Crippen MR) is 92.3 cm³/mol. The third-order valence-electron chi connectivity index (χ3n) is 4.76. The molecule has 4 rings (SSSR count). The lowest BCUT2D eigenvalue weighted by molar-refractivity contribution is 0.0264. The largest absolute Gasteiger partial charge is 0.493 e. The molecule has 0 spiro atoms. The van der Waals surface area contributed by atoms with Crippen LogP contribution in [0.1, 0.15) is 49.1 Å². The molecular formula is C19H25N3O3. The first-order valence-electron chi connectivity index (χ1n) is 9.15. The van der Waals surface area contributed by atoms with Gasteiger partial charge in [0, 0.05) is 18.7 Å². The molecule has 6 heteroatoms. The van der Waals surface area contributed by atoms with Gasteiger partial charge in [0.15, 0.2) is 5.82 Å². The molecule has 2 heterocycles. The van der Waals surface area contributed by atoms with Crippen molar-refractivity contribution in [2.24, 2.45) is 5.92 Å². The van der Waals surface area contributed by atoms with Gasteiger partial charge in [-0.15, -0.1) is 0 Å². The van der Waals surface area contributed by atoms with Crippen LogP contribution in [0.3, 0.4) is 0 Å². The molecular weight excluding hydrogens is 318 g/mol. The van der Waals surface area contributed by atoms with Crippen molar-refractivity contribution in [3.63, 3.8) is 0 Å². The van der Waals surface area contributed by atoms with Gasteiger partial charge in [-0.05, 0) is 44.6 Å². The summed E-state index contributed by atoms with van der Waals surface area (Å²) in [6.07, 6.45) is 4.65. The molecule has 1 aliphatic carbocycles. The number of aromatic nitrogens is 2. The van der Waals surface area contributed by atoms with Gasteiger partial charge in [-0.3, -0.25) is 0 Å². The van der Waals surface area contributed by atoms with Crippen molar-refractivity contribution in [2.75, 3.05) is 13.2 Å². The first kappa shape index (κ1) is 16.5. The minimum absolute atomic E-state index is 0.0674. The van der Waals surface area contributed by atoms with E-state index in [1.165, 1.54) is 18.4 Å². The van der Waals surface area contributed by atoms with E-state index in [0.29, 0.717) is 11.7 Å². The van der Waals surface area contributed by atoms with Crippen LogP contribution >= 0.6 is 0 Å². The molecule has 1 saturated heterocycles. The van der Waals surface area contributed by atoms with Crippen molar-refractivity contribution < 1.29 is 14.0 Å². The molecule has 0 unspecified atom stereocenters. The summed E-state index contributed by atoms with van der Waals surface area (Å²) in [4.78, 5) is 4.27. The molecule has 6 nitrogen and oxygen atoms in total. The first-order chi connectivity index (χ1) is 12.3. The fraction of sp³-hybridized carbons (Fsp3) is 0.579. The Morgan fingerprint density at radius 2 is 2.08 bits per heavy atom. The number of rotatable bonds is 8. The minimum Gasteiger partial charge on any atom is -0.493 e. The van der Waals surface area contributed by atoms with Crippen molar-refractivity contribution >= 4 is 0 Å². The maximum Gasteiger partial charge on any atom is 0.255 e. The normalized spacial score (nSPS) is 23.1. The molecule has 0 radical (unpaired) electrons. The van der Waals surface area contributed by atoms with E-state index in [0.717, 1.165) is 44.2 Å². The van der Waals surface area contributed by atoms with E-state index in [1.54, 1.807) is 0 Å². The van der Waals surface area contributed by atoms with E-state index in [4.69, 9.17) is 14.0 Å². The third-order valence-corrected chi connectivity index (χ3v) is 4.76. The van der Waals surface area contributed by atoms with Gasteiger partial charge in [0.05, 0.1) is 12.7 Å². The molecule has 2 aliphatic rings. The van der Waals surface area contributed by atoms with Crippen molar-refractivity contribution in [2.45, 2.75) is 51.4 Å². The molecule has 1 aliphatic heterocycles. The van der Waals surface area contributed by atoms with Crippen LogP contribution in [-0.2, 0) is 11.3 Å². The number of aryl methyl sites for hydroxylation is 1. The molecule has 2 atom stereocenters. The maximum absolute atomic E-state index is 6.03. The third kappa shape index (κ3) is 4.38. The SMILES string of the molecule is Cc1noc([C@@H]2CC[C@H](CNCc3ccccc3OCC3CC3)O2)n1. The lowest BCUT2D eigenvalue weighted by Crippen LogP contribution is -2.26. The first-order valence-corrected chi connectivity index (χ1v) is 9.15. The highest BCUT2D eigenvalue weighted by Crippen LogP contribution is 2.32. The van der Waals surface area contributed by atoms with E-state index in [1.807, 2.05) is 13.0 Å². The van der Waals surface area contributed by atoms with E-state index in [-0.39, 0.29) is 12.2 Å². The number of hydrogen-bond donors (Lipinski definition) is 1. The summed E-state index contributed by atoms with van der Waals surface area (Å²) in [5.74, 6) is 3.01. The summed E-state index contributed by atoms with van der Waals surface area (Å²) in [7, 11) is 0. The Hall–Kier alpha value is -1.92. The second-order valence-corrected chi connectivity index (χ2v) is 7.00. The molecule has 2 fully saturated rings. The molecule has 1 N–H and O–H groups in total. The second-order valence-electron chi connectivity index (χ2n) is 7.00. The fourth-order valence-electron chi connectivity index (χ4n) is 3.13. The average Bonchev–Trinajstić information content (AvgIpc) is 3.16. The van der Waals surface area contributed by atoms with Crippen LogP contribution in [0.25, 0.3) is 0 Å². The monoisotopic (exact) mass is 343 g/mol. The van der Waals surface area contributed by atoms with E-state index in [2.05, 4.69) is 33.7 Å². The van der Waals surface area contributed by atoms with Crippen molar-refractivity contribution in [1.29, 1.82) is 0 Å². The molecule has 1 saturated carbocycles. The summed E-state index contributed by atoms with van der Waals surface area (Å²) >= 11 is 0. The van der Waals surface area contributed by atoms with Gasteiger partial charge in [0.1, 0.15) is 11.9 Å². The molecule has 134 valence electrons. The van der Waals surface area contributed by atoms with Crippen molar-refractivity contribution in [1.82, 2.24) is 15.5 Å².